The first-order chi connectivity index (χ1) is 11.8. The number of nitrogens with zero attached hydrogens (tertiary/aromatic N) is 3. The van der Waals surface area contributed by atoms with Gasteiger partial charge in [0.15, 0.2) is 5.82 Å². The third-order valence-electron chi connectivity index (χ3n) is 3.92. The Bertz CT molecular complexity index is 1000. The van der Waals surface area contributed by atoms with Crippen LogP contribution in [0, 0.1) is 6.92 Å². The van der Waals surface area contributed by atoms with Crippen LogP contribution in [-0.4, -0.2) is 15.0 Å². The van der Waals surface area contributed by atoms with Gasteiger partial charge in [0.2, 0.25) is 0 Å². The maximum atomic E-state index is 4.75. The Morgan fingerprint density at radius 2 is 1.64 bits per heavy atom. The van der Waals surface area contributed by atoms with Crippen molar-refractivity contribution in [2.24, 2.45) is 0 Å². The van der Waals surface area contributed by atoms with Gasteiger partial charge in [0.1, 0.15) is 5.82 Å². The molecule has 0 saturated heterocycles. The molecule has 25 heavy (non-hydrogen) atoms. The quantitative estimate of drug-likeness (QED) is 0.613. The number of hydrogen-bond acceptors (Lipinski definition) is 4. The molecule has 0 aliphatic rings. The Hall–Kier alpha value is -2.98. The molecule has 0 radical (unpaired) electrons. The number of anilines is 2. The number of hydrogen-bond donors (Lipinski definition) is 1. The average molecular weight is 348 g/mol. The Morgan fingerprint density at radius 1 is 0.840 bits per heavy atom. The summed E-state index contributed by atoms with van der Waals surface area (Å²) in [5, 5.41) is 4.45. The van der Waals surface area contributed by atoms with Crippen molar-refractivity contribution in [1.82, 2.24) is 15.0 Å². The maximum Gasteiger partial charge on any atom is 0.163 e. The molecule has 0 bridgehead atoms. The molecule has 0 spiro atoms. The van der Waals surface area contributed by atoms with Gasteiger partial charge in [-0.1, -0.05) is 30.3 Å². The molecule has 0 unspecified atom stereocenters. The van der Waals surface area contributed by atoms with Gasteiger partial charge in [0, 0.05) is 29.0 Å². The van der Waals surface area contributed by atoms with E-state index in [2.05, 4.69) is 34.3 Å². The summed E-state index contributed by atoms with van der Waals surface area (Å²) in [5.41, 5.74) is 4.01. The molecule has 2 aromatic heterocycles. The van der Waals surface area contributed by atoms with Crippen LogP contribution in [0.2, 0.25) is 0 Å². The molecular formula is C20H16ClN4-. The number of benzene rings is 2. The van der Waals surface area contributed by atoms with Gasteiger partial charge < -0.3 is 17.7 Å². The van der Waals surface area contributed by atoms with Crippen molar-refractivity contribution in [3.63, 3.8) is 0 Å². The lowest BCUT2D eigenvalue weighted by Gasteiger charge is -2.12. The molecule has 124 valence electrons. The van der Waals surface area contributed by atoms with Crippen LogP contribution in [0.4, 0.5) is 11.5 Å². The largest absolute Gasteiger partial charge is 1.00 e. The summed E-state index contributed by atoms with van der Waals surface area (Å²) in [6.45, 7) is 2.08. The van der Waals surface area contributed by atoms with E-state index in [0.717, 1.165) is 28.0 Å². The smallest absolute Gasteiger partial charge is 0.163 e. The lowest BCUT2D eigenvalue weighted by molar-refractivity contribution is -0.00000493. The molecule has 0 fully saturated rings. The highest BCUT2D eigenvalue weighted by atomic mass is 35.5. The highest BCUT2D eigenvalue weighted by Crippen LogP contribution is 2.28. The zero-order valence-corrected chi connectivity index (χ0v) is 14.4. The third-order valence-corrected chi connectivity index (χ3v) is 3.92. The molecule has 4 nitrogen and oxygen atoms in total. The van der Waals surface area contributed by atoms with Crippen molar-refractivity contribution in [2.75, 3.05) is 5.32 Å². The van der Waals surface area contributed by atoms with E-state index in [1.54, 1.807) is 12.4 Å². The predicted molar refractivity (Wildman–Crippen MR) is 97.2 cm³/mol. The van der Waals surface area contributed by atoms with Gasteiger partial charge in [-0.3, -0.25) is 4.98 Å². The van der Waals surface area contributed by atoms with Crippen LogP contribution in [0.5, 0.6) is 0 Å². The maximum absolute atomic E-state index is 4.75. The highest BCUT2D eigenvalue weighted by Gasteiger charge is 2.10. The zero-order chi connectivity index (χ0) is 16.4. The predicted octanol–water partition coefficient (Wildman–Crippen LogP) is 1.75. The van der Waals surface area contributed by atoms with E-state index in [9.17, 15) is 0 Å². The number of aromatic nitrogens is 3. The van der Waals surface area contributed by atoms with Crippen molar-refractivity contribution in [2.45, 2.75) is 6.92 Å². The van der Waals surface area contributed by atoms with E-state index >= 15 is 0 Å². The van der Waals surface area contributed by atoms with E-state index in [0.29, 0.717) is 5.82 Å². The molecule has 0 atom stereocenters. The van der Waals surface area contributed by atoms with Crippen LogP contribution in [0.15, 0.2) is 73.1 Å². The van der Waals surface area contributed by atoms with Crippen LogP contribution in [-0.2, 0) is 0 Å². The molecule has 4 rings (SSSR count). The number of para-hydroxylation sites is 2. The lowest BCUT2D eigenvalue weighted by atomic mass is 10.1. The molecule has 2 heterocycles. The van der Waals surface area contributed by atoms with Gasteiger partial charge in [-0.25, -0.2) is 9.97 Å². The number of pyridine rings is 1. The number of halogens is 1. The fourth-order valence-electron chi connectivity index (χ4n) is 2.64. The molecule has 0 aliphatic heterocycles. The van der Waals surface area contributed by atoms with Gasteiger partial charge in [-0.15, -0.1) is 0 Å². The standard InChI is InChI=1S/C20H16N4.ClH/c1-14-7-2-4-10-17(14)22-20-16-9-3-5-11-18(16)23-19(24-20)15-8-6-12-21-13-15;/h2-13H,1H3,(H,22,23,24);1H/p-1. The SMILES string of the molecule is Cc1ccccc1Nc1nc(-c2cccnc2)nc2ccccc12.[Cl-]. The molecule has 0 saturated carbocycles. The van der Waals surface area contributed by atoms with E-state index in [1.165, 1.54) is 5.56 Å². The minimum absolute atomic E-state index is 0. The highest BCUT2D eigenvalue weighted by molar-refractivity contribution is 5.92. The average Bonchev–Trinajstić information content (AvgIpc) is 2.64. The molecular weight excluding hydrogens is 332 g/mol. The van der Waals surface area contributed by atoms with E-state index in [-0.39, 0.29) is 12.4 Å². The molecule has 0 amide bonds. The van der Waals surface area contributed by atoms with Crippen LogP contribution in [0.3, 0.4) is 0 Å². The minimum atomic E-state index is 0. The Morgan fingerprint density at radius 3 is 2.44 bits per heavy atom. The first-order valence-electron chi connectivity index (χ1n) is 7.81. The molecule has 0 aliphatic carbocycles. The van der Waals surface area contributed by atoms with Crippen LogP contribution in [0.1, 0.15) is 5.56 Å². The van der Waals surface area contributed by atoms with E-state index in [1.807, 2.05) is 48.5 Å². The van der Waals surface area contributed by atoms with Crippen LogP contribution >= 0.6 is 0 Å². The number of fused-ring (bicyclic) bond motifs is 1. The monoisotopic (exact) mass is 347 g/mol. The molecule has 5 heteroatoms. The summed E-state index contributed by atoms with van der Waals surface area (Å²) in [6.07, 6.45) is 3.53. The Labute approximate surface area is 152 Å². The van der Waals surface area contributed by atoms with Gasteiger partial charge in [-0.05, 0) is 42.8 Å². The summed E-state index contributed by atoms with van der Waals surface area (Å²) in [5.74, 6) is 1.46. The lowest BCUT2D eigenvalue weighted by Crippen LogP contribution is -3.00. The van der Waals surface area contributed by atoms with E-state index in [4.69, 9.17) is 4.98 Å². The van der Waals surface area contributed by atoms with Gasteiger partial charge in [0.05, 0.1) is 5.52 Å². The Kier molecular flexibility index (Phi) is 4.91. The van der Waals surface area contributed by atoms with Crippen LogP contribution in [0.25, 0.3) is 22.3 Å². The van der Waals surface area contributed by atoms with E-state index < -0.39 is 0 Å². The molecule has 1 N–H and O–H groups in total. The first kappa shape index (κ1) is 16.9. The number of rotatable bonds is 3. The van der Waals surface area contributed by atoms with Gasteiger partial charge >= 0.3 is 0 Å². The first-order valence-corrected chi connectivity index (χ1v) is 7.81. The second-order valence-electron chi connectivity index (χ2n) is 5.59. The summed E-state index contributed by atoms with van der Waals surface area (Å²) < 4.78 is 0. The van der Waals surface area contributed by atoms with Crippen LogP contribution < -0.4 is 17.7 Å². The topological polar surface area (TPSA) is 50.7 Å². The second kappa shape index (κ2) is 7.28. The van der Waals surface area contributed by atoms with Crippen molar-refractivity contribution in [1.29, 1.82) is 0 Å². The zero-order valence-electron chi connectivity index (χ0n) is 13.6. The third kappa shape index (κ3) is 3.44. The summed E-state index contributed by atoms with van der Waals surface area (Å²) >= 11 is 0. The molecule has 4 aromatic rings. The summed E-state index contributed by atoms with van der Waals surface area (Å²) in [6, 6.07) is 20.0. The number of aryl methyl sites for hydroxylation is 1. The normalized spacial score (nSPS) is 10.3. The Balaban J connectivity index is 0.00000182. The molecule has 2 aromatic carbocycles. The fourth-order valence-corrected chi connectivity index (χ4v) is 2.64. The van der Waals surface area contributed by atoms with Gasteiger partial charge in [0.25, 0.3) is 0 Å². The van der Waals surface area contributed by atoms with Crippen molar-refractivity contribution < 1.29 is 12.4 Å². The van der Waals surface area contributed by atoms with Gasteiger partial charge in [-0.2, -0.15) is 0 Å². The minimum Gasteiger partial charge on any atom is -1.00 e. The van der Waals surface area contributed by atoms with Crippen molar-refractivity contribution in [3.05, 3.63) is 78.6 Å². The fraction of sp³-hybridized carbons (Fsp3) is 0.0500. The number of nitrogens with one attached hydrogen (secondary N) is 1. The summed E-state index contributed by atoms with van der Waals surface area (Å²) in [4.78, 5) is 13.6. The van der Waals surface area contributed by atoms with Crippen molar-refractivity contribution >= 4 is 22.4 Å². The van der Waals surface area contributed by atoms with Crippen molar-refractivity contribution in [3.8, 4) is 11.4 Å². The second-order valence-corrected chi connectivity index (χ2v) is 5.59. The summed E-state index contributed by atoms with van der Waals surface area (Å²) in [7, 11) is 0.